The molecule has 0 aliphatic heterocycles. The van der Waals surface area contributed by atoms with E-state index >= 15 is 0 Å². The van der Waals surface area contributed by atoms with Gasteiger partial charge in [-0.25, -0.2) is 4.79 Å². The number of halogens is 1. The number of methoxy groups -OCH3 is 1. The van der Waals surface area contributed by atoms with E-state index in [2.05, 4.69) is 36.7 Å². The van der Waals surface area contributed by atoms with Crippen LogP contribution in [0, 0.1) is 6.92 Å². The summed E-state index contributed by atoms with van der Waals surface area (Å²) in [5, 5.41) is 2.43. The Labute approximate surface area is 123 Å². The average Bonchev–Trinajstić information content (AvgIpc) is 2.17. The van der Waals surface area contributed by atoms with E-state index < -0.39 is 23.7 Å². The van der Waals surface area contributed by atoms with Gasteiger partial charge in [-0.15, -0.1) is 0 Å². The maximum atomic E-state index is 11.2. The van der Waals surface area contributed by atoms with E-state index in [4.69, 9.17) is 4.74 Å². The monoisotopic (exact) mass is 407 g/mol. The molecule has 0 aliphatic rings. The third kappa shape index (κ3) is 14.0. The molecule has 0 aliphatic carbocycles. The quantitative estimate of drug-likeness (QED) is 0.336. The Hall–Kier alpha value is 0.0934. The molecule has 7 heteroatoms. The summed E-state index contributed by atoms with van der Waals surface area (Å²) in [7, 11) is 1.28. The van der Waals surface area contributed by atoms with Crippen LogP contribution in [0.3, 0.4) is 0 Å². The number of ether oxygens (including phenoxy) is 2. The van der Waals surface area contributed by atoms with Crippen molar-refractivity contribution in [2.24, 2.45) is 0 Å². The van der Waals surface area contributed by atoms with Gasteiger partial charge in [0, 0.05) is 6.42 Å². The molecule has 0 radical (unpaired) electrons. The molecule has 0 spiro atoms. The molecule has 0 aromatic heterocycles. The van der Waals surface area contributed by atoms with Crippen LogP contribution >= 0.6 is 19.8 Å². The van der Waals surface area contributed by atoms with E-state index in [1.807, 2.05) is 0 Å². The van der Waals surface area contributed by atoms with Crippen LogP contribution in [0.5, 0.6) is 0 Å². The van der Waals surface area contributed by atoms with E-state index in [0.717, 1.165) is 0 Å². The molecule has 1 N–H and O–H groups in total. The number of carbonyl (C=O) groups excluding carboxylic acids is 2. The Balaban J connectivity index is 0. The number of alkyl carbamates (subject to hydrolysis) is 1. The molecule has 96 valence electrons. The van der Waals surface area contributed by atoms with Gasteiger partial charge >= 0.3 is 46.6 Å². The maximum absolute atomic E-state index is 11.2. The first-order valence-corrected chi connectivity index (χ1v) is 14.0. The number of esters is 1. The molecule has 5 nitrogen and oxygen atoms in total. The topological polar surface area (TPSA) is 64.6 Å². The van der Waals surface area contributed by atoms with E-state index in [-0.39, 0.29) is 6.42 Å². The van der Waals surface area contributed by atoms with Crippen molar-refractivity contribution in [2.45, 2.75) is 38.8 Å². The number of hydrogen-bond donors (Lipinski definition) is 1. The number of amides is 1. The van der Waals surface area contributed by atoms with Gasteiger partial charge in [0.1, 0.15) is 5.60 Å². The molecule has 0 rings (SSSR count). The van der Waals surface area contributed by atoms with Crippen LogP contribution in [0.15, 0.2) is 0 Å². The van der Waals surface area contributed by atoms with Crippen molar-refractivity contribution in [1.29, 1.82) is 0 Å². The number of carbonyl (C=O) groups is 2. The first-order valence-electron chi connectivity index (χ1n) is 4.90. The third-order valence-electron chi connectivity index (χ3n) is 1.36. The Morgan fingerprint density at radius 1 is 1.41 bits per heavy atom. The van der Waals surface area contributed by atoms with E-state index in [1.54, 1.807) is 20.8 Å². The van der Waals surface area contributed by atoms with Crippen LogP contribution in [-0.4, -0.2) is 30.8 Å². The molecule has 0 saturated heterocycles. The fraction of sp³-hybridized carbons (Fsp3) is 0.700. The van der Waals surface area contributed by atoms with Gasteiger partial charge in [-0.2, -0.15) is 0 Å². The van der Waals surface area contributed by atoms with Crippen molar-refractivity contribution >= 4 is 31.8 Å². The average molecular weight is 409 g/mol. The summed E-state index contributed by atoms with van der Waals surface area (Å²) < 4.78 is 9.41. The molecule has 0 aromatic rings. The van der Waals surface area contributed by atoms with Gasteiger partial charge in [0.15, 0.2) is 0 Å². The standard InChI is InChI=1S/C10H18NO4.HI.Zn/c1-7(6-8(12)14-5)11-9(13)15-10(2,3)4;;/h7H,1,6H2,2-5H3,(H,11,13);1H;/q-1;;+2/p-1/t7-;;/m0../s1. The van der Waals surface area contributed by atoms with Gasteiger partial charge in [0.2, 0.25) is 0 Å². The third-order valence-corrected chi connectivity index (χ3v) is 1.36. The van der Waals surface area contributed by atoms with E-state index in [0.29, 0.717) is 0 Å². The second kappa shape index (κ2) is 10.1. The molecule has 0 heterocycles. The molecule has 0 unspecified atom stereocenters. The molecule has 0 saturated carbocycles. The van der Waals surface area contributed by atoms with Crippen molar-refractivity contribution < 1.29 is 33.9 Å². The van der Waals surface area contributed by atoms with Crippen molar-refractivity contribution in [3.8, 4) is 0 Å². The molecule has 1 atom stereocenters. The summed E-state index contributed by atoms with van der Waals surface area (Å²) in [6.45, 7) is 8.85. The van der Waals surface area contributed by atoms with Crippen molar-refractivity contribution in [2.75, 3.05) is 7.11 Å². The second-order valence-electron chi connectivity index (χ2n) is 4.12. The second-order valence-corrected chi connectivity index (χ2v) is 4.12. The van der Waals surface area contributed by atoms with Gasteiger partial charge in [-0.1, -0.05) is 6.04 Å². The Bertz CT molecular complexity index is 243. The number of nitrogens with one attached hydrogen (secondary N) is 1. The van der Waals surface area contributed by atoms with E-state index in [1.165, 1.54) is 21.9 Å². The van der Waals surface area contributed by atoms with Crippen molar-refractivity contribution in [3.05, 3.63) is 6.92 Å². The van der Waals surface area contributed by atoms with Gasteiger partial charge in [-0.3, -0.25) is 4.79 Å². The predicted octanol–water partition coefficient (Wildman–Crippen LogP) is 2.16. The molecule has 17 heavy (non-hydrogen) atoms. The van der Waals surface area contributed by atoms with Crippen molar-refractivity contribution in [3.63, 3.8) is 0 Å². The normalized spacial score (nSPS) is 11.8. The molecule has 0 fully saturated rings. The Morgan fingerprint density at radius 3 is 2.24 bits per heavy atom. The molecular weight excluding hydrogens is 390 g/mol. The summed E-state index contributed by atoms with van der Waals surface area (Å²) in [6, 6.07) is -0.549. The van der Waals surface area contributed by atoms with Crippen LogP contribution < -0.4 is 5.32 Å². The fourth-order valence-corrected chi connectivity index (χ4v) is 0.810. The predicted molar refractivity (Wildman–Crippen MR) is 69.2 cm³/mol. The first-order chi connectivity index (χ1) is 7.74. The zero-order valence-corrected chi connectivity index (χ0v) is 15.8. The fourth-order valence-electron chi connectivity index (χ4n) is 0.810. The van der Waals surface area contributed by atoms with Crippen LogP contribution in [-0.2, 0) is 29.1 Å². The summed E-state index contributed by atoms with van der Waals surface area (Å²) >= 11 is 3.62. The summed E-state index contributed by atoms with van der Waals surface area (Å²) in [4.78, 5) is 22.0. The van der Waals surface area contributed by atoms with Crippen molar-refractivity contribution in [1.82, 2.24) is 5.32 Å². The molecule has 0 bridgehead atoms. The summed E-state index contributed by atoms with van der Waals surface area (Å²) in [6.07, 6.45) is -0.568. The minimum atomic E-state index is -0.591. The SMILES string of the molecule is [CH2-][C@@H](CC(=O)OC)NC(=O)OC(C)(C)C.[Zn+][I]. The molecule has 1 amide bonds. The van der Waals surface area contributed by atoms with Gasteiger partial charge < -0.3 is 21.7 Å². The summed E-state index contributed by atoms with van der Waals surface area (Å²) in [5.41, 5.74) is -0.560. The molecule has 0 aromatic carbocycles. The number of hydrogen-bond acceptors (Lipinski definition) is 4. The number of rotatable bonds is 3. The zero-order chi connectivity index (χ0) is 14.1. The molecular formula is C10H18INO4Zn. The zero-order valence-electron chi connectivity index (χ0n) is 10.7. The van der Waals surface area contributed by atoms with Gasteiger partial charge in [0.05, 0.1) is 7.11 Å². The minimum absolute atomic E-state index is 0.0236. The summed E-state index contributed by atoms with van der Waals surface area (Å²) in [5.74, 6) is -0.425. The first kappa shape index (κ1) is 19.4. The van der Waals surface area contributed by atoms with Gasteiger partial charge in [0.25, 0.3) is 0 Å². The van der Waals surface area contributed by atoms with Crippen LogP contribution in [0.1, 0.15) is 27.2 Å². The van der Waals surface area contributed by atoms with E-state index in [9.17, 15) is 9.59 Å². The van der Waals surface area contributed by atoms with Crippen LogP contribution in [0.4, 0.5) is 4.79 Å². The Kier molecular flexibility index (Phi) is 11.5. The van der Waals surface area contributed by atoms with Gasteiger partial charge in [-0.05, 0) is 20.8 Å². The van der Waals surface area contributed by atoms with Crippen LogP contribution in [0.2, 0.25) is 0 Å². The van der Waals surface area contributed by atoms with Crippen LogP contribution in [0.25, 0.3) is 0 Å². The Morgan fingerprint density at radius 2 is 1.88 bits per heavy atom.